The first-order valence-electron chi connectivity index (χ1n) is 5.08. The molecule has 0 bridgehead atoms. The predicted molar refractivity (Wildman–Crippen MR) is 64.5 cm³/mol. The van der Waals surface area contributed by atoms with E-state index in [2.05, 4.69) is 24.1 Å². The lowest BCUT2D eigenvalue weighted by atomic mass is 10.3. The summed E-state index contributed by atoms with van der Waals surface area (Å²) in [6.07, 6.45) is 19.4. The first-order valence-corrected chi connectivity index (χ1v) is 5.08. The highest BCUT2D eigenvalue weighted by Gasteiger charge is 1.70. The number of nitrogens with zero attached hydrogens (tertiary/aromatic N) is 1. The summed E-state index contributed by atoms with van der Waals surface area (Å²) in [6, 6.07) is 0. The Morgan fingerprint density at radius 1 is 1.00 bits per heavy atom. The highest BCUT2D eigenvalue weighted by atomic mass is 16.1. The lowest BCUT2D eigenvalue weighted by Gasteiger charge is -1.79. The fourth-order valence-electron chi connectivity index (χ4n) is 0.837. The van der Waals surface area contributed by atoms with Crippen LogP contribution in [0.5, 0.6) is 0 Å². The minimum Gasteiger partial charge on any atom is -0.211 e. The topological polar surface area (TPSA) is 29.4 Å². The number of carbonyl (C=O) groups excluding carboxylic acids is 1. The summed E-state index contributed by atoms with van der Waals surface area (Å²) in [5.41, 5.74) is 0. The van der Waals surface area contributed by atoms with Gasteiger partial charge in [0.1, 0.15) is 0 Å². The minimum absolute atomic E-state index is 0.406. The SMILES string of the molecule is CCC=CC=CC/C=C/C=C/CN=C=O. The molecule has 0 aliphatic rings. The van der Waals surface area contributed by atoms with Crippen LogP contribution in [0.3, 0.4) is 0 Å². The Morgan fingerprint density at radius 2 is 1.60 bits per heavy atom. The first-order chi connectivity index (χ1) is 7.41. The number of hydrogen-bond acceptors (Lipinski definition) is 2. The van der Waals surface area contributed by atoms with Crippen molar-refractivity contribution in [3.8, 4) is 0 Å². The molecule has 0 aliphatic carbocycles. The van der Waals surface area contributed by atoms with Gasteiger partial charge < -0.3 is 0 Å². The monoisotopic (exact) mass is 203 g/mol. The van der Waals surface area contributed by atoms with Gasteiger partial charge in [0.2, 0.25) is 6.08 Å². The molecular weight excluding hydrogens is 186 g/mol. The van der Waals surface area contributed by atoms with Crippen LogP contribution in [0.4, 0.5) is 0 Å². The van der Waals surface area contributed by atoms with Crippen molar-refractivity contribution >= 4 is 6.08 Å². The van der Waals surface area contributed by atoms with E-state index in [9.17, 15) is 4.79 Å². The van der Waals surface area contributed by atoms with Crippen LogP contribution >= 0.6 is 0 Å². The Morgan fingerprint density at radius 3 is 2.20 bits per heavy atom. The molecule has 0 spiro atoms. The molecule has 2 heteroatoms. The Labute approximate surface area is 91.4 Å². The third-order valence-electron chi connectivity index (χ3n) is 1.54. The molecule has 0 heterocycles. The van der Waals surface area contributed by atoms with E-state index < -0.39 is 0 Å². The second-order valence-electron chi connectivity index (χ2n) is 2.79. The second-order valence-corrected chi connectivity index (χ2v) is 2.79. The predicted octanol–water partition coefficient (Wildman–Crippen LogP) is 3.35. The fourth-order valence-corrected chi connectivity index (χ4v) is 0.837. The Kier molecular flexibility index (Phi) is 11.0. The van der Waals surface area contributed by atoms with E-state index in [4.69, 9.17) is 0 Å². The zero-order valence-electron chi connectivity index (χ0n) is 9.10. The van der Waals surface area contributed by atoms with Crippen LogP contribution in [0.25, 0.3) is 0 Å². The number of allylic oxidation sites excluding steroid dienone is 7. The zero-order chi connectivity index (χ0) is 11.2. The van der Waals surface area contributed by atoms with Gasteiger partial charge in [-0.25, -0.2) is 9.79 Å². The van der Waals surface area contributed by atoms with Crippen LogP contribution in [-0.4, -0.2) is 12.6 Å². The Bertz CT molecular complexity index is 292. The average Bonchev–Trinajstić information content (AvgIpc) is 2.26. The normalized spacial score (nSPS) is 12.1. The van der Waals surface area contributed by atoms with Crippen molar-refractivity contribution in [3.63, 3.8) is 0 Å². The molecule has 0 rings (SSSR count). The van der Waals surface area contributed by atoms with E-state index >= 15 is 0 Å². The highest BCUT2D eigenvalue weighted by Crippen LogP contribution is 1.89. The first kappa shape index (κ1) is 13.3. The van der Waals surface area contributed by atoms with Gasteiger partial charge in [0, 0.05) is 0 Å². The van der Waals surface area contributed by atoms with Gasteiger partial charge in [-0.1, -0.05) is 55.5 Å². The highest BCUT2D eigenvalue weighted by molar-refractivity contribution is 5.33. The maximum Gasteiger partial charge on any atom is 0.235 e. The van der Waals surface area contributed by atoms with Crippen molar-refractivity contribution in [1.82, 2.24) is 0 Å². The summed E-state index contributed by atoms with van der Waals surface area (Å²) < 4.78 is 0. The minimum atomic E-state index is 0.406. The zero-order valence-corrected chi connectivity index (χ0v) is 9.10. The van der Waals surface area contributed by atoms with Crippen LogP contribution in [0.1, 0.15) is 19.8 Å². The third kappa shape index (κ3) is 12.3. The molecule has 0 saturated carbocycles. The van der Waals surface area contributed by atoms with Gasteiger partial charge in [0.05, 0.1) is 6.54 Å². The van der Waals surface area contributed by atoms with Crippen LogP contribution in [0, 0.1) is 0 Å². The quantitative estimate of drug-likeness (QED) is 0.354. The fraction of sp³-hybridized carbons (Fsp3) is 0.308. The van der Waals surface area contributed by atoms with Crippen LogP contribution in [0.2, 0.25) is 0 Å². The smallest absolute Gasteiger partial charge is 0.211 e. The average molecular weight is 203 g/mol. The number of isocyanates is 1. The molecule has 0 N–H and O–H groups in total. The molecule has 0 atom stereocenters. The molecule has 15 heavy (non-hydrogen) atoms. The van der Waals surface area contributed by atoms with E-state index in [0.717, 1.165) is 12.8 Å². The van der Waals surface area contributed by atoms with E-state index in [0.29, 0.717) is 6.54 Å². The molecule has 0 fully saturated rings. The van der Waals surface area contributed by atoms with Crippen LogP contribution < -0.4 is 0 Å². The van der Waals surface area contributed by atoms with E-state index in [-0.39, 0.29) is 0 Å². The summed E-state index contributed by atoms with van der Waals surface area (Å²) in [6.45, 7) is 2.51. The van der Waals surface area contributed by atoms with Crippen molar-refractivity contribution in [2.24, 2.45) is 4.99 Å². The van der Waals surface area contributed by atoms with Crippen molar-refractivity contribution in [2.75, 3.05) is 6.54 Å². The maximum absolute atomic E-state index is 9.71. The summed E-state index contributed by atoms with van der Waals surface area (Å²) in [5, 5.41) is 0. The maximum atomic E-state index is 9.71. The van der Waals surface area contributed by atoms with Crippen LogP contribution in [0.15, 0.2) is 53.6 Å². The van der Waals surface area contributed by atoms with Crippen molar-refractivity contribution in [3.05, 3.63) is 48.6 Å². The molecule has 0 unspecified atom stereocenters. The van der Waals surface area contributed by atoms with Gasteiger partial charge in [-0.2, -0.15) is 0 Å². The van der Waals surface area contributed by atoms with Gasteiger partial charge >= 0.3 is 0 Å². The molecule has 0 aromatic carbocycles. The Balaban J connectivity index is 3.54. The number of aliphatic imine (C=N–C) groups is 1. The standard InChI is InChI=1S/C13H17NO/c1-2-3-4-5-6-7-8-9-10-11-12-14-13-15/h3-6,8-11H,2,7,12H2,1H3/b4-3?,6-5?,9-8+,11-10+. The van der Waals surface area contributed by atoms with Gasteiger partial charge in [0.15, 0.2) is 0 Å². The van der Waals surface area contributed by atoms with E-state index in [1.54, 1.807) is 0 Å². The van der Waals surface area contributed by atoms with Crippen molar-refractivity contribution < 1.29 is 4.79 Å². The van der Waals surface area contributed by atoms with E-state index in [1.807, 2.05) is 36.5 Å². The number of hydrogen-bond donors (Lipinski definition) is 0. The van der Waals surface area contributed by atoms with Gasteiger partial charge in [-0.05, 0) is 12.8 Å². The van der Waals surface area contributed by atoms with Crippen molar-refractivity contribution in [1.29, 1.82) is 0 Å². The summed E-state index contributed by atoms with van der Waals surface area (Å²) in [5.74, 6) is 0. The summed E-state index contributed by atoms with van der Waals surface area (Å²) in [7, 11) is 0. The molecule has 0 radical (unpaired) electrons. The molecule has 2 nitrogen and oxygen atoms in total. The number of rotatable bonds is 7. The van der Waals surface area contributed by atoms with Gasteiger partial charge in [-0.15, -0.1) is 0 Å². The largest absolute Gasteiger partial charge is 0.235 e. The van der Waals surface area contributed by atoms with Gasteiger partial charge in [0.25, 0.3) is 0 Å². The molecule has 0 aromatic rings. The second kappa shape index (κ2) is 12.3. The van der Waals surface area contributed by atoms with Crippen LogP contribution in [-0.2, 0) is 4.79 Å². The summed E-state index contributed by atoms with van der Waals surface area (Å²) in [4.78, 5) is 13.1. The van der Waals surface area contributed by atoms with Crippen molar-refractivity contribution in [2.45, 2.75) is 19.8 Å². The summed E-state index contributed by atoms with van der Waals surface area (Å²) >= 11 is 0. The Hall–Kier alpha value is -1.66. The third-order valence-corrected chi connectivity index (χ3v) is 1.54. The van der Waals surface area contributed by atoms with Gasteiger partial charge in [-0.3, -0.25) is 0 Å². The lowest BCUT2D eigenvalue weighted by Crippen LogP contribution is -1.67. The molecule has 0 aromatic heterocycles. The molecule has 0 amide bonds. The van der Waals surface area contributed by atoms with E-state index in [1.165, 1.54) is 6.08 Å². The molecule has 0 aliphatic heterocycles. The molecular formula is C13H17NO. The molecule has 0 saturated heterocycles. The molecule has 80 valence electrons. The lowest BCUT2D eigenvalue weighted by molar-refractivity contribution is 0.564.